The molecule has 1 amide bonds. The third-order valence-electron chi connectivity index (χ3n) is 4.43. The summed E-state index contributed by atoms with van der Waals surface area (Å²) in [6.07, 6.45) is 0. The maximum absolute atomic E-state index is 12.7. The lowest BCUT2D eigenvalue weighted by molar-refractivity contribution is 0.103. The van der Waals surface area contributed by atoms with E-state index in [1.54, 1.807) is 33.3 Å². The van der Waals surface area contributed by atoms with Gasteiger partial charge in [-0.3, -0.25) is 4.79 Å². The van der Waals surface area contributed by atoms with Crippen LogP contribution in [0.1, 0.15) is 15.4 Å². The number of halogens is 1. The van der Waals surface area contributed by atoms with Gasteiger partial charge in [0.25, 0.3) is 5.91 Å². The number of rotatable bonds is 6. The topological polar surface area (TPSA) is 98.3 Å². The highest BCUT2D eigenvalue weighted by atomic mass is 35.5. The number of fused-ring (bicyclic) bond motifs is 1. The summed E-state index contributed by atoms with van der Waals surface area (Å²) in [5, 5.41) is 7.26. The highest BCUT2D eigenvalue weighted by molar-refractivity contribution is 7.17. The molecule has 2 N–H and O–H groups in total. The van der Waals surface area contributed by atoms with Crippen LogP contribution in [0.3, 0.4) is 0 Å². The number of anilines is 3. The van der Waals surface area contributed by atoms with Gasteiger partial charge in [-0.15, -0.1) is 0 Å². The van der Waals surface area contributed by atoms with Crippen molar-refractivity contribution in [2.45, 2.75) is 6.92 Å². The van der Waals surface area contributed by atoms with Crippen LogP contribution >= 0.6 is 22.9 Å². The molecule has 158 valence electrons. The molecule has 0 spiro atoms. The number of para-hydroxylation sites is 1. The van der Waals surface area contributed by atoms with E-state index in [-0.39, 0.29) is 11.2 Å². The predicted octanol–water partition coefficient (Wildman–Crippen LogP) is 5.06. The Kier molecular flexibility index (Phi) is 5.88. The van der Waals surface area contributed by atoms with Gasteiger partial charge in [-0.2, -0.15) is 4.98 Å². The van der Waals surface area contributed by atoms with E-state index in [2.05, 4.69) is 25.6 Å². The third kappa shape index (κ3) is 4.37. The molecule has 0 unspecified atom stereocenters. The normalized spacial score (nSPS) is 10.7. The van der Waals surface area contributed by atoms with Crippen LogP contribution in [0, 0.1) is 6.92 Å². The van der Waals surface area contributed by atoms with Crippen LogP contribution in [0.4, 0.5) is 16.6 Å². The Labute approximate surface area is 187 Å². The first-order chi connectivity index (χ1) is 15.0. The van der Waals surface area contributed by atoms with Gasteiger partial charge in [-0.05, 0) is 36.7 Å². The molecule has 2 aromatic heterocycles. The van der Waals surface area contributed by atoms with Crippen molar-refractivity contribution in [1.82, 2.24) is 15.0 Å². The minimum atomic E-state index is -0.230. The average molecular weight is 456 g/mol. The van der Waals surface area contributed by atoms with Crippen LogP contribution < -0.4 is 20.1 Å². The molecule has 0 bridgehead atoms. The fraction of sp³-hybridized carbons (Fsp3) is 0.143. The first-order valence-corrected chi connectivity index (χ1v) is 10.4. The molecular weight excluding hydrogens is 438 g/mol. The van der Waals surface area contributed by atoms with Gasteiger partial charge in [0, 0.05) is 17.1 Å². The lowest BCUT2D eigenvalue weighted by Gasteiger charge is -2.11. The van der Waals surface area contributed by atoms with E-state index >= 15 is 0 Å². The van der Waals surface area contributed by atoms with Crippen LogP contribution in [0.15, 0.2) is 42.5 Å². The minimum Gasteiger partial charge on any atom is -0.493 e. The van der Waals surface area contributed by atoms with Crippen molar-refractivity contribution in [3.8, 4) is 11.5 Å². The molecule has 2 aromatic carbocycles. The number of carbonyl (C=O) groups is 1. The summed E-state index contributed by atoms with van der Waals surface area (Å²) in [5.41, 5.74) is 1.89. The van der Waals surface area contributed by atoms with Gasteiger partial charge in [-0.25, -0.2) is 9.97 Å². The van der Waals surface area contributed by atoms with E-state index in [1.165, 1.54) is 11.3 Å². The summed E-state index contributed by atoms with van der Waals surface area (Å²) in [5.74, 6) is 1.27. The van der Waals surface area contributed by atoms with Crippen LogP contribution in [0.2, 0.25) is 5.28 Å². The first kappa shape index (κ1) is 20.8. The summed E-state index contributed by atoms with van der Waals surface area (Å²) < 4.78 is 10.7. The van der Waals surface area contributed by atoms with Gasteiger partial charge in [0.2, 0.25) is 5.28 Å². The molecular formula is C21H18ClN5O3S. The van der Waals surface area contributed by atoms with Crippen molar-refractivity contribution in [1.29, 1.82) is 0 Å². The zero-order valence-electron chi connectivity index (χ0n) is 16.9. The molecule has 0 aliphatic carbocycles. The number of aromatic nitrogens is 3. The van der Waals surface area contributed by atoms with Crippen LogP contribution in [0.5, 0.6) is 11.5 Å². The summed E-state index contributed by atoms with van der Waals surface area (Å²) in [7, 11) is 3.10. The van der Waals surface area contributed by atoms with Crippen LogP contribution in [-0.4, -0.2) is 35.1 Å². The Hall–Kier alpha value is -3.43. The monoisotopic (exact) mass is 455 g/mol. The molecule has 2 heterocycles. The van der Waals surface area contributed by atoms with E-state index in [0.29, 0.717) is 49.6 Å². The molecule has 0 fully saturated rings. The van der Waals surface area contributed by atoms with Gasteiger partial charge in [0.05, 0.1) is 25.4 Å². The molecule has 0 saturated heterocycles. The number of hydrogen-bond donors (Lipinski definition) is 2. The number of methoxy groups -OCH3 is 2. The Bertz CT molecular complexity index is 1260. The number of amides is 1. The third-order valence-corrected chi connectivity index (χ3v) is 5.67. The zero-order chi connectivity index (χ0) is 22.0. The number of nitrogens with zero attached hydrogens (tertiary/aromatic N) is 3. The second-order valence-electron chi connectivity index (χ2n) is 6.44. The van der Waals surface area contributed by atoms with E-state index in [4.69, 9.17) is 21.1 Å². The molecule has 10 heteroatoms. The molecule has 0 radical (unpaired) electrons. The Morgan fingerprint density at radius 1 is 1.03 bits per heavy atom. The largest absolute Gasteiger partial charge is 0.493 e. The zero-order valence-corrected chi connectivity index (χ0v) is 18.5. The van der Waals surface area contributed by atoms with Gasteiger partial charge in [0.15, 0.2) is 16.6 Å². The number of benzene rings is 2. The van der Waals surface area contributed by atoms with Crippen molar-refractivity contribution in [2.24, 2.45) is 0 Å². The van der Waals surface area contributed by atoms with Gasteiger partial charge in [-0.1, -0.05) is 29.5 Å². The molecule has 8 nitrogen and oxygen atoms in total. The summed E-state index contributed by atoms with van der Waals surface area (Å²) in [4.78, 5) is 26.2. The van der Waals surface area contributed by atoms with Gasteiger partial charge >= 0.3 is 0 Å². The molecule has 4 rings (SSSR count). The number of carbonyl (C=O) groups excluding carboxylic acids is 1. The lowest BCUT2D eigenvalue weighted by atomic mass is 10.2. The summed E-state index contributed by atoms with van der Waals surface area (Å²) in [6.45, 7) is 1.78. The number of thiazole rings is 1. The quantitative estimate of drug-likeness (QED) is 0.392. The number of nitrogens with one attached hydrogen (secondary N) is 2. The lowest BCUT2D eigenvalue weighted by Crippen LogP contribution is -2.11. The van der Waals surface area contributed by atoms with E-state index in [9.17, 15) is 4.79 Å². The Morgan fingerprint density at radius 2 is 1.74 bits per heavy atom. The molecule has 31 heavy (non-hydrogen) atoms. The molecule has 0 saturated carbocycles. The molecule has 4 aromatic rings. The van der Waals surface area contributed by atoms with Crippen molar-refractivity contribution < 1.29 is 14.3 Å². The van der Waals surface area contributed by atoms with Gasteiger partial charge in [0.1, 0.15) is 10.7 Å². The Morgan fingerprint density at radius 3 is 2.45 bits per heavy atom. The molecule has 0 aliphatic rings. The van der Waals surface area contributed by atoms with E-state index in [0.717, 1.165) is 0 Å². The number of hydrogen-bond acceptors (Lipinski definition) is 8. The first-order valence-electron chi connectivity index (χ1n) is 9.18. The molecule has 0 atom stereocenters. The highest BCUT2D eigenvalue weighted by Gasteiger charge is 2.18. The Balaban J connectivity index is 1.66. The van der Waals surface area contributed by atoms with E-state index in [1.807, 2.05) is 30.3 Å². The van der Waals surface area contributed by atoms with Crippen LogP contribution in [-0.2, 0) is 0 Å². The maximum atomic E-state index is 12.7. The maximum Gasteiger partial charge on any atom is 0.267 e. The van der Waals surface area contributed by atoms with Crippen molar-refractivity contribution in [3.05, 3.63) is 58.3 Å². The fourth-order valence-electron chi connectivity index (χ4n) is 2.99. The number of ether oxygens (including phenoxy) is 2. The van der Waals surface area contributed by atoms with Crippen molar-refractivity contribution >= 4 is 56.4 Å². The smallest absolute Gasteiger partial charge is 0.267 e. The average Bonchev–Trinajstić information content (AvgIpc) is 3.13. The van der Waals surface area contributed by atoms with Crippen molar-refractivity contribution in [2.75, 3.05) is 24.9 Å². The van der Waals surface area contributed by atoms with E-state index < -0.39 is 0 Å². The van der Waals surface area contributed by atoms with Gasteiger partial charge < -0.3 is 20.1 Å². The van der Waals surface area contributed by atoms with Crippen molar-refractivity contribution in [3.63, 3.8) is 0 Å². The predicted molar refractivity (Wildman–Crippen MR) is 122 cm³/mol. The van der Waals surface area contributed by atoms with Crippen LogP contribution in [0.25, 0.3) is 10.9 Å². The number of aryl methyl sites for hydroxylation is 1. The molecule has 0 aliphatic heterocycles. The highest BCUT2D eigenvalue weighted by Crippen LogP contribution is 2.36. The second-order valence-corrected chi connectivity index (χ2v) is 7.78. The summed E-state index contributed by atoms with van der Waals surface area (Å²) in [6, 6.07) is 12.7. The summed E-state index contributed by atoms with van der Waals surface area (Å²) >= 11 is 7.34. The second kappa shape index (κ2) is 8.75. The minimum absolute atomic E-state index is 0.0672. The standard InChI is InChI=1S/C21H18ClN5O3S/c1-11-17(19(28)24-12-7-5-4-6-8-12)31-21(23-11)27-18-13-9-15(29-2)16(30-3)10-14(13)25-20(22)26-18/h4-10H,1-3H3,(H,24,28)(H,23,25,26,27). The SMILES string of the molecule is COc1cc2nc(Cl)nc(Nc3nc(C)c(C(=O)Nc4ccccc4)s3)c2cc1OC. The fourth-order valence-corrected chi connectivity index (χ4v) is 4.03.